The molecule has 3 heteroatoms. The van der Waals surface area contributed by atoms with Crippen molar-refractivity contribution >= 4 is 27.5 Å². The second kappa shape index (κ2) is 5.70. The molecule has 116 valence electrons. The molecule has 0 aliphatic rings. The van der Waals surface area contributed by atoms with E-state index in [0.29, 0.717) is 16.9 Å². The number of ether oxygens (including phenoxy) is 1. The molecule has 0 spiro atoms. The molecule has 0 saturated heterocycles. The number of rotatable bonds is 3. The fourth-order valence-electron chi connectivity index (χ4n) is 2.92. The summed E-state index contributed by atoms with van der Waals surface area (Å²) < 4.78 is 5.91. The number of carbonyl (C=O) groups is 1. The van der Waals surface area contributed by atoms with Crippen molar-refractivity contribution < 1.29 is 14.6 Å². The Morgan fingerprint density at radius 1 is 0.750 bits per heavy atom. The van der Waals surface area contributed by atoms with E-state index in [1.807, 2.05) is 66.7 Å². The number of carboxylic acid groups (broad SMARTS) is 1. The van der Waals surface area contributed by atoms with Crippen LogP contribution in [0.15, 0.2) is 78.9 Å². The molecule has 0 radical (unpaired) electrons. The monoisotopic (exact) mass is 314 g/mol. The van der Waals surface area contributed by atoms with Crippen molar-refractivity contribution in [3.8, 4) is 11.5 Å². The molecule has 0 saturated carbocycles. The fraction of sp³-hybridized carbons (Fsp3) is 0. The third kappa shape index (κ3) is 2.46. The van der Waals surface area contributed by atoms with Gasteiger partial charge >= 0.3 is 5.97 Å². The lowest BCUT2D eigenvalue weighted by atomic mass is 10.0. The summed E-state index contributed by atoms with van der Waals surface area (Å²) in [5, 5.41) is 13.3. The van der Waals surface area contributed by atoms with Gasteiger partial charge in [-0.15, -0.1) is 0 Å². The maximum Gasteiger partial charge on any atom is 0.340 e. The Morgan fingerprint density at radius 3 is 2.21 bits per heavy atom. The summed E-state index contributed by atoms with van der Waals surface area (Å²) >= 11 is 0. The van der Waals surface area contributed by atoms with E-state index < -0.39 is 5.97 Å². The highest BCUT2D eigenvalue weighted by Gasteiger charge is 2.16. The second-order valence-corrected chi connectivity index (χ2v) is 5.58. The molecule has 3 nitrogen and oxygen atoms in total. The first-order chi connectivity index (χ1) is 11.7. The molecular formula is C21H14O3. The number of fused-ring (bicyclic) bond motifs is 2. The minimum atomic E-state index is -0.998. The average Bonchev–Trinajstić information content (AvgIpc) is 2.61. The number of hydrogen-bond acceptors (Lipinski definition) is 2. The van der Waals surface area contributed by atoms with Crippen LogP contribution >= 0.6 is 0 Å². The molecule has 4 aromatic carbocycles. The highest BCUT2D eigenvalue weighted by Crippen LogP contribution is 2.32. The number of hydrogen-bond donors (Lipinski definition) is 1. The first kappa shape index (κ1) is 14.3. The normalized spacial score (nSPS) is 10.8. The van der Waals surface area contributed by atoms with Crippen LogP contribution in [0.3, 0.4) is 0 Å². The van der Waals surface area contributed by atoms with Crippen molar-refractivity contribution in [1.82, 2.24) is 0 Å². The summed E-state index contributed by atoms with van der Waals surface area (Å²) in [5.41, 5.74) is 0.182. The Hall–Kier alpha value is -3.33. The van der Waals surface area contributed by atoms with Gasteiger partial charge in [0.05, 0.1) is 0 Å². The molecule has 0 aliphatic heterocycles. The lowest BCUT2D eigenvalue weighted by molar-refractivity contribution is 0.0696. The van der Waals surface area contributed by atoms with Crippen molar-refractivity contribution in [2.24, 2.45) is 0 Å². The van der Waals surface area contributed by atoms with Crippen LogP contribution in [0, 0.1) is 0 Å². The smallest absolute Gasteiger partial charge is 0.340 e. The fourth-order valence-corrected chi connectivity index (χ4v) is 2.92. The van der Waals surface area contributed by atoms with Gasteiger partial charge in [0.2, 0.25) is 0 Å². The molecule has 0 atom stereocenters. The van der Waals surface area contributed by atoms with Crippen LogP contribution in [0.5, 0.6) is 11.5 Å². The lowest BCUT2D eigenvalue weighted by Gasteiger charge is -2.12. The Bertz CT molecular complexity index is 1070. The van der Waals surface area contributed by atoms with Gasteiger partial charge in [0.25, 0.3) is 0 Å². The molecule has 0 amide bonds. The quantitative estimate of drug-likeness (QED) is 0.544. The minimum absolute atomic E-state index is 0.182. The van der Waals surface area contributed by atoms with Gasteiger partial charge in [0, 0.05) is 0 Å². The van der Waals surface area contributed by atoms with Crippen LogP contribution in [0.4, 0.5) is 0 Å². The molecule has 0 heterocycles. The van der Waals surface area contributed by atoms with E-state index in [1.165, 1.54) is 0 Å². The van der Waals surface area contributed by atoms with Gasteiger partial charge < -0.3 is 9.84 Å². The Balaban J connectivity index is 1.83. The summed E-state index contributed by atoms with van der Waals surface area (Å²) in [6.07, 6.45) is 0. The standard InChI is InChI=1S/C21H14O3/c22-21(23)20-18-8-4-3-6-15(18)10-12-19(20)24-17-11-9-14-5-1-2-7-16(14)13-17/h1-13H,(H,22,23). The Kier molecular flexibility index (Phi) is 3.39. The molecule has 0 unspecified atom stereocenters. The van der Waals surface area contributed by atoms with Gasteiger partial charge in [-0.2, -0.15) is 0 Å². The zero-order valence-corrected chi connectivity index (χ0v) is 12.8. The minimum Gasteiger partial charge on any atom is -0.478 e. The van der Waals surface area contributed by atoms with Crippen LogP contribution in [0.2, 0.25) is 0 Å². The largest absolute Gasteiger partial charge is 0.478 e. The van der Waals surface area contributed by atoms with E-state index in [-0.39, 0.29) is 5.56 Å². The van der Waals surface area contributed by atoms with Crippen molar-refractivity contribution in [2.75, 3.05) is 0 Å². The van der Waals surface area contributed by atoms with Crippen LogP contribution < -0.4 is 4.74 Å². The number of carboxylic acids is 1. The lowest BCUT2D eigenvalue weighted by Crippen LogP contribution is -2.01. The maximum atomic E-state index is 11.8. The van der Waals surface area contributed by atoms with Crippen LogP contribution in [-0.2, 0) is 0 Å². The topological polar surface area (TPSA) is 46.5 Å². The van der Waals surface area contributed by atoms with Crippen LogP contribution in [-0.4, -0.2) is 11.1 Å². The SMILES string of the molecule is O=C(O)c1c(Oc2ccc3ccccc3c2)ccc2ccccc12. The Labute approximate surface area is 138 Å². The first-order valence-electron chi connectivity index (χ1n) is 7.64. The molecule has 0 aromatic heterocycles. The molecular weight excluding hydrogens is 300 g/mol. The maximum absolute atomic E-state index is 11.8. The van der Waals surface area contributed by atoms with E-state index >= 15 is 0 Å². The summed E-state index contributed by atoms with van der Waals surface area (Å²) in [4.78, 5) is 11.8. The van der Waals surface area contributed by atoms with Crippen LogP contribution in [0.25, 0.3) is 21.5 Å². The predicted molar refractivity (Wildman–Crippen MR) is 94.9 cm³/mol. The molecule has 4 aromatic rings. The summed E-state index contributed by atoms with van der Waals surface area (Å²) in [6, 6.07) is 24.7. The van der Waals surface area contributed by atoms with Gasteiger partial charge in [-0.05, 0) is 39.7 Å². The number of aromatic carboxylic acids is 1. The van der Waals surface area contributed by atoms with Crippen LogP contribution in [0.1, 0.15) is 10.4 Å². The van der Waals surface area contributed by atoms with Crippen molar-refractivity contribution in [3.05, 3.63) is 84.4 Å². The van der Waals surface area contributed by atoms with Crippen molar-refractivity contribution in [3.63, 3.8) is 0 Å². The molecule has 0 aliphatic carbocycles. The highest BCUT2D eigenvalue weighted by atomic mass is 16.5. The van der Waals surface area contributed by atoms with E-state index in [4.69, 9.17) is 4.74 Å². The van der Waals surface area contributed by atoms with Gasteiger partial charge in [-0.25, -0.2) is 4.79 Å². The van der Waals surface area contributed by atoms with E-state index in [2.05, 4.69) is 0 Å². The predicted octanol–water partition coefficient (Wildman–Crippen LogP) is 5.48. The zero-order valence-electron chi connectivity index (χ0n) is 12.8. The third-order valence-electron chi connectivity index (χ3n) is 4.05. The van der Waals surface area contributed by atoms with E-state index in [0.717, 1.165) is 16.2 Å². The second-order valence-electron chi connectivity index (χ2n) is 5.58. The van der Waals surface area contributed by atoms with Crippen molar-refractivity contribution in [2.45, 2.75) is 0 Å². The van der Waals surface area contributed by atoms with E-state index in [9.17, 15) is 9.90 Å². The highest BCUT2D eigenvalue weighted by molar-refractivity contribution is 6.06. The summed E-state index contributed by atoms with van der Waals surface area (Å²) in [7, 11) is 0. The van der Waals surface area contributed by atoms with Gasteiger partial charge in [-0.3, -0.25) is 0 Å². The number of benzene rings is 4. The van der Waals surface area contributed by atoms with Gasteiger partial charge in [-0.1, -0.05) is 60.7 Å². The molecule has 1 N–H and O–H groups in total. The molecule has 0 fully saturated rings. The average molecular weight is 314 g/mol. The molecule has 4 rings (SSSR count). The molecule has 0 bridgehead atoms. The van der Waals surface area contributed by atoms with Crippen molar-refractivity contribution in [1.29, 1.82) is 0 Å². The molecule has 24 heavy (non-hydrogen) atoms. The zero-order chi connectivity index (χ0) is 16.5. The Morgan fingerprint density at radius 2 is 1.42 bits per heavy atom. The first-order valence-corrected chi connectivity index (χ1v) is 7.64. The third-order valence-corrected chi connectivity index (χ3v) is 4.05. The van der Waals surface area contributed by atoms with E-state index in [1.54, 1.807) is 12.1 Å². The summed E-state index contributed by atoms with van der Waals surface area (Å²) in [5.74, 6) is -0.0365. The summed E-state index contributed by atoms with van der Waals surface area (Å²) in [6.45, 7) is 0. The van der Waals surface area contributed by atoms with Gasteiger partial charge in [0.15, 0.2) is 0 Å². The van der Waals surface area contributed by atoms with Gasteiger partial charge in [0.1, 0.15) is 17.1 Å².